The highest BCUT2D eigenvalue weighted by atomic mass is 127. The van der Waals surface area contributed by atoms with Gasteiger partial charge in [0, 0.05) is 67.5 Å². The van der Waals surface area contributed by atoms with Crippen molar-refractivity contribution in [2.75, 3.05) is 47.8 Å². The lowest BCUT2D eigenvalue weighted by Crippen LogP contribution is -2.37. The molecule has 3 aromatic carbocycles. The molecule has 4 aliphatic rings. The molecule has 4 aliphatic heterocycles. The number of nitrogens with one attached hydrogen (secondary N) is 4. The maximum atomic E-state index is 14.9. The van der Waals surface area contributed by atoms with Crippen molar-refractivity contribution in [3.8, 4) is 17.6 Å². The zero-order valence-corrected chi connectivity index (χ0v) is 69.3. The van der Waals surface area contributed by atoms with Crippen molar-refractivity contribution in [2.24, 2.45) is 0 Å². The standard InChI is InChI=1S/C21H19ClO2.C14H18FIN3O5P.C10H12FIN2O4.C9H10FIN2O5.C9H11FN2O5.C2H6.CH4O.2CH4.ClI/c1-23-19-12-8-17(9-13-19)21(22,16-6-4-3-5-7-16)18-10-14-20(24-2)15-11-18;1-3-9-11(24-25(2)22-6-4-5-17)10(15)13(23-9)19-7-8(16)12(20)18-14(19)21;1-2-5-7(15)6(11)9(18-5)14-3-4(12)8(16)13-10(14)17;10-5-6(15)4(2-14)18-8(5)13-1-3(11)7(16)12-9(13)17;10-6-7(15)4(3-13)17-8(6)12-2-1-5(14)11-9(12)16;2*1-2;;;1-2/h3-15H,1-2H3;7,9-11,13H,3-4,6H2,1-2H3,(H,18,20,21);3,5-7,9,15H,2H2,1H3,(H,13,16,17);1,4-6,8,14-15H,2H2,(H,12,16,17);1-2,4,6-8,13,15H,3H2,(H,11,14,16);1-2H3;2H,1H3;2*1H4;/t;9-,10+,11?,13-,25?;5-,6+,7?,9-;4-,5+,6?,8-;4-,6+,7?,8-;;;;;/m.1111...../s1/i;;;;;1D;;;;. The molecule has 612 valence electrons. The number of hydrogen-bond donors (Lipinski definition) is 10. The molecule has 0 aliphatic carbocycles. The smallest absolute Gasteiger partial charge is 0.330 e. The maximum Gasteiger partial charge on any atom is 0.330 e. The number of halogens is 10. The van der Waals surface area contributed by atoms with Crippen LogP contribution in [0, 0.1) is 22.0 Å². The molecule has 0 spiro atoms. The van der Waals surface area contributed by atoms with E-state index in [0.29, 0.717) is 19.7 Å². The van der Waals surface area contributed by atoms with Crippen molar-refractivity contribution >= 4 is 118 Å². The molecule has 42 heteroatoms. The van der Waals surface area contributed by atoms with Crippen molar-refractivity contribution in [1.82, 2.24) is 38.2 Å². The summed E-state index contributed by atoms with van der Waals surface area (Å²) in [5.41, 5.74) is -2.42. The number of hydrogen-bond acceptors (Lipinski definition) is 23. The van der Waals surface area contributed by atoms with Crippen molar-refractivity contribution in [3.63, 3.8) is 0 Å². The van der Waals surface area contributed by atoms with Crippen LogP contribution in [0.3, 0.4) is 0 Å². The monoisotopic (exact) mass is 2070 g/mol. The molecule has 17 atom stereocenters. The molecule has 110 heavy (non-hydrogen) atoms. The maximum absolute atomic E-state index is 14.9. The SMILES string of the molecule is C.C.CC[C@H]1O[C@@H](n2cc(I)c(=O)[nH]c2=O)[C@@H](F)C1O.CC[C@H]1O[C@@H](n2cc(I)c(=O)[nH]c2=O)[C@@H](F)C1OP(C)OCCC#N.CO.COc1ccc(C(Cl)(c2ccccc2)c2ccc(OC)cc2)cc1.ClI.O=c1[nH]c(=O)n([C@@H]2O[C@H](CO)C(O)[C@@H]2F)cc1I.O=c1ccn([C@@H]2O[C@H](CO)C(O)[C@@H]2F)c(=O)[nH]1.[2H]CC. The van der Waals surface area contributed by atoms with Crippen molar-refractivity contribution in [2.45, 2.75) is 165 Å². The van der Waals surface area contributed by atoms with Crippen molar-refractivity contribution < 1.29 is 87.0 Å². The average molecular weight is 2070 g/mol. The van der Waals surface area contributed by atoms with E-state index in [1.54, 1.807) is 124 Å². The quantitative estimate of drug-likeness (QED) is 0.00979. The molecule has 7 aromatic rings. The molecule has 5 unspecified atom stereocenters. The number of aromatic amines is 4. The Morgan fingerprint density at radius 3 is 1.25 bits per heavy atom. The summed E-state index contributed by atoms with van der Waals surface area (Å²) in [6.45, 7) is 6.63. The van der Waals surface area contributed by atoms with Crippen molar-refractivity contribution in [1.29, 1.82) is 5.26 Å². The van der Waals surface area contributed by atoms with Crippen LogP contribution in [-0.4, -0.2) is 190 Å². The molecule has 4 fully saturated rings. The Morgan fingerprint density at radius 1 is 0.573 bits per heavy atom. The fraction of sp³-hybridized carbons (Fsp3) is 0.485. The number of benzene rings is 3. The van der Waals surface area contributed by atoms with Crippen LogP contribution >= 0.6 is 118 Å². The van der Waals surface area contributed by atoms with Gasteiger partial charge in [0.1, 0.15) is 53.0 Å². The number of ether oxygens (including phenoxy) is 6. The highest BCUT2D eigenvalue weighted by Gasteiger charge is 2.49. The summed E-state index contributed by atoms with van der Waals surface area (Å²) in [6, 6.07) is 28.8. The number of methoxy groups -OCH3 is 2. The second-order valence-corrected chi connectivity index (χ2v) is 27.8. The second-order valence-electron chi connectivity index (χ2n) is 22.4. The molecule has 8 heterocycles. The van der Waals surface area contributed by atoms with E-state index in [2.05, 4.69) is 18.9 Å². The first-order chi connectivity index (χ1) is 51.9. The first kappa shape index (κ1) is 98.8. The van der Waals surface area contributed by atoms with E-state index in [4.69, 9.17) is 71.0 Å². The van der Waals surface area contributed by atoms with Gasteiger partial charge in [0.2, 0.25) is 0 Å². The van der Waals surface area contributed by atoms with Gasteiger partial charge in [0.15, 0.2) is 58.0 Å². The van der Waals surface area contributed by atoms with Crippen LogP contribution in [0.1, 0.15) is 105 Å². The van der Waals surface area contributed by atoms with E-state index in [-0.39, 0.29) is 38.6 Å². The minimum Gasteiger partial charge on any atom is -0.497 e. The summed E-state index contributed by atoms with van der Waals surface area (Å²) in [6.07, 6.45) is -14.8. The number of nitrogens with zero attached hydrogens (tertiary/aromatic N) is 5. The number of alkyl halides is 5. The first-order valence-corrected chi connectivity index (χ1v) is 40.0. The molecule has 0 amide bonds. The van der Waals surface area contributed by atoms with Gasteiger partial charge in [-0.3, -0.25) is 57.4 Å². The van der Waals surface area contributed by atoms with Crippen LogP contribution in [0.15, 0.2) is 148 Å². The normalized spacial score (nSPS) is 24.4. The van der Waals surface area contributed by atoms with Gasteiger partial charge >= 0.3 is 22.8 Å². The Kier molecular flexibility index (Phi) is 44.4. The average Bonchev–Trinajstić information content (AvgIpc) is 1.74. The summed E-state index contributed by atoms with van der Waals surface area (Å²) in [7, 11) is 7.53. The predicted octanol–water partition coefficient (Wildman–Crippen LogP) is 7.76. The summed E-state index contributed by atoms with van der Waals surface area (Å²) in [5, 5.41) is 61.7. The summed E-state index contributed by atoms with van der Waals surface area (Å²) in [4.78, 5) is 98.6. The van der Waals surface area contributed by atoms with Crippen LogP contribution in [-0.2, 0) is 32.9 Å². The van der Waals surface area contributed by atoms with E-state index in [0.717, 1.165) is 72.0 Å². The zero-order valence-electron chi connectivity index (χ0n) is 59.3. The Morgan fingerprint density at radius 2 is 0.909 bits per heavy atom. The van der Waals surface area contributed by atoms with Gasteiger partial charge in [-0.2, -0.15) is 5.26 Å². The lowest BCUT2D eigenvalue weighted by molar-refractivity contribution is -0.0492. The fourth-order valence-electron chi connectivity index (χ4n) is 10.6. The largest absolute Gasteiger partial charge is 0.497 e. The molecule has 31 nitrogen and oxygen atoms in total. The Labute approximate surface area is 693 Å². The van der Waals surface area contributed by atoms with E-state index in [9.17, 15) is 71.2 Å². The zero-order chi connectivity index (χ0) is 81.7. The fourth-order valence-corrected chi connectivity index (χ4v) is 13.3. The van der Waals surface area contributed by atoms with Gasteiger partial charge in [-0.25, -0.2) is 36.7 Å². The molecular formula is C68H88Cl2F4I4N9O22P. The molecule has 10 N–H and O–H groups in total. The topological polar surface area (TPSA) is 438 Å². The van der Waals surface area contributed by atoms with E-state index in [1.165, 1.54) is 12.4 Å². The Hall–Kier alpha value is -5.36. The Bertz CT molecular complexity index is 4360. The van der Waals surface area contributed by atoms with Crippen LogP contribution in [0.4, 0.5) is 17.6 Å². The number of aliphatic hydroxyl groups is 6. The third kappa shape index (κ3) is 25.8. The minimum absolute atomic E-state index is 0. The van der Waals surface area contributed by atoms with Crippen molar-refractivity contribution in [3.05, 3.63) is 220 Å². The predicted molar refractivity (Wildman–Crippen MR) is 436 cm³/mol. The minimum atomic E-state index is -1.86. The first-order valence-electron chi connectivity index (χ1n) is 32.7. The van der Waals surface area contributed by atoms with Gasteiger partial charge in [-0.1, -0.05) is 97.1 Å². The molecular weight excluding hydrogens is 1980 g/mol. The molecule has 4 aromatic heterocycles. The second kappa shape index (κ2) is 49.4. The molecule has 0 bridgehead atoms. The van der Waals surface area contributed by atoms with Gasteiger partial charge in [0.25, 0.3) is 22.2 Å². The number of H-pyrrole nitrogens is 4. The van der Waals surface area contributed by atoms with Gasteiger partial charge in [-0.05, 0) is 130 Å². The van der Waals surface area contributed by atoms with Crippen LogP contribution < -0.4 is 54.5 Å². The molecule has 0 saturated carbocycles. The number of rotatable bonds is 18. The number of aliphatic hydroxyl groups excluding tert-OH is 6. The lowest BCUT2D eigenvalue weighted by atomic mass is 9.84. The highest BCUT2D eigenvalue weighted by Crippen LogP contribution is 2.46. The van der Waals surface area contributed by atoms with Crippen LogP contribution in [0.2, 0.25) is 0 Å². The lowest BCUT2D eigenvalue weighted by Gasteiger charge is -2.29. The highest BCUT2D eigenvalue weighted by molar-refractivity contribution is 14.1. The third-order valence-electron chi connectivity index (χ3n) is 15.9. The van der Waals surface area contributed by atoms with E-state index in [1.807, 2.05) is 102 Å². The summed E-state index contributed by atoms with van der Waals surface area (Å²) in [5.74, 6) is 1.61. The molecule has 4 saturated heterocycles. The van der Waals surface area contributed by atoms with E-state index >= 15 is 0 Å². The number of aromatic nitrogens is 8. The molecule has 11 rings (SSSR count). The number of nitriles is 1. The van der Waals surface area contributed by atoms with Crippen LogP contribution in [0.5, 0.6) is 11.5 Å². The van der Waals surface area contributed by atoms with Gasteiger partial charge < -0.3 is 68.1 Å². The van der Waals surface area contributed by atoms with Gasteiger partial charge in [-0.15, -0.1) is 11.6 Å². The van der Waals surface area contributed by atoms with Crippen LogP contribution in [0.25, 0.3) is 0 Å². The third-order valence-corrected chi connectivity index (χ3v) is 20.0. The Balaban J connectivity index is 0.000000462. The summed E-state index contributed by atoms with van der Waals surface area (Å²) < 4.78 is 109. The molecule has 0 radical (unpaired) electrons. The van der Waals surface area contributed by atoms with E-state index < -0.39 is 170 Å². The van der Waals surface area contributed by atoms with Gasteiger partial charge in [0.05, 0.1) is 69.4 Å². The summed E-state index contributed by atoms with van der Waals surface area (Å²) >= 11 is 14.0.